The fraction of sp³-hybridized carbons (Fsp3) is 0.524. The van der Waals surface area contributed by atoms with E-state index in [2.05, 4.69) is 37.7 Å². The Kier molecular flexibility index (Phi) is 5.52. The lowest BCUT2D eigenvalue weighted by Gasteiger charge is -2.33. The average Bonchev–Trinajstić information content (AvgIpc) is 3.04. The highest BCUT2D eigenvalue weighted by atomic mass is 32.2. The van der Waals surface area contributed by atoms with Crippen molar-refractivity contribution >= 4 is 49.5 Å². The van der Waals surface area contributed by atoms with Gasteiger partial charge in [-0.05, 0) is 32.3 Å². The van der Waals surface area contributed by atoms with E-state index < -0.39 is 0 Å². The number of rotatable bonds is 5. The van der Waals surface area contributed by atoms with Crippen molar-refractivity contribution in [1.82, 2.24) is 15.0 Å². The highest BCUT2D eigenvalue weighted by Crippen LogP contribution is 2.43. The van der Waals surface area contributed by atoms with Crippen LogP contribution in [0.25, 0.3) is 20.4 Å². The average molecular weight is 432 g/mol. The number of carbonyl (C=O) groups excluding carboxylic acids is 1. The Morgan fingerprint density at radius 1 is 1.34 bits per heavy atom. The summed E-state index contributed by atoms with van der Waals surface area (Å²) in [5.74, 6) is 0.312. The maximum absolute atomic E-state index is 11.8. The Labute approximate surface area is 178 Å². The molecule has 0 radical (unpaired) electrons. The third-order valence-corrected chi connectivity index (χ3v) is 7.18. The predicted molar refractivity (Wildman–Crippen MR) is 117 cm³/mol. The molecule has 1 aliphatic heterocycles. The highest BCUT2D eigenvalue weighted by molar-refractivity contribution is 8.00. The van der Waals surface area contributed by atoms with E-state index in [4.69, 9.17) is 14.5 Å². The largest absolute Gasteiger partial charge is 0.465 e. The van der Waals surface area contributed by atoms with Crippen LogP contribution in [0.15, 0.2) is 11.4 Å². The Bertz CT molecular complexity index is 1090. The highest BCUT2D eigenvalue weighted by Gasteiger charge is 2.32. The number of hydrogen-bond donors (Lipinski definition) is 0. The molecule has 4 rings (SSSR count). The number of thioether (sulfide) groups is 1. The lowest BCUT2D eigenvalue weighted by molar-refractivity contribution is -0.139. The molecule has 0 spiro atoms. The van der Waals surface area contributed by atoms with E-state index in [9.17, 15) is 4.79 Å². The van der Waals surface area contributed by atoms with Gasteiger partial charge in [0.05, 0.1) is 40.5 Å². The van der Waals surface area contributed by atoms with Gasteiger partial charge in [0.25, 0.3) is 0 Å². The molecule has 0 aliphatic carbocycles. The molecule has 3 aromatic rings. The number of hydrogen-bond acceptors (Lipinski definition) is 8. The summed E-state index contributed by atoms with van der Waals surface area (Å²) in [5.41, 5.74) is 4.29. The van der Waals surface area contributed by atoms with Gasteiger partial charge in [-0.3, -0.25) is 4.79 Å². The fourth-order valence-corrected chi connectivity index (χ4v) is 5.76. The number of ether oxygens (including phenoxy) is 2. The van der Waals surface area contributed by atoms with Gasteiger partial charge in [0.1, 0.15) is 16.2 Å². The van der Waals surface area contributed by atoms with Crippen LogP contribution in [-0.4, -0.2) is 38.9 Å². The lowest BCUT2D eigenvalue weighted by atomic mass is 9.87. The molecule has 154 valence electrons. The molecule has 0 atom stereocenters. The van der Waals surface area contributed by atoms with Gasteiger partial charge < -0.3 is 9.47 Å². The summed E-state index contributed by atoms with van der Waals surface area (Å²) in [6.07, 6.45) is 2.40. The van der Waals surface area contributed by atoms with Crippen LogP contribution in [0.4, 0.5) is 0 Å². The zero-order valence-electron chi connectivity index (χ0n) is 17.4. The Morgan fingerprint density at radius 3 is 2.86 bits per heavy atom. The molecule has 0 N–H and O–H groups in total. The molecule has 0 saturated carbocycles. The van der Waals surface area contributed by atoms with Crippen molar-refractivity contribution in [3.05, 3.63) is 23.1 Å². The van der Waals surface area contributed by atoms with Crippen LogP contribution in [-0.2, 0) is 27.3 Å². The molecule has 0 saturated heterocycles. The van der Waals surface area contributed by atoms with E-state index in [0.717, 1.165) is 37.6 Å². The number of carbonyl (C=O) groups is 1. The second kappa shape index (κ2) is 7.81. The van der Waals surface area contributed by atoms with Gasteiger partial charge in [0, 0.05) is 17.4 Å². The molecule has 3 aromatic heterocycles. The van der Waals surface area contributed by atoms with Crippen LogP contribution in [0.2, 0.25) is 0 Å². The van der Waals surface area contributed by atoms with Crippen molar-refractivity contribution in [2.24, 2.45) is 0 Å². The number of thiophene rings is 1. The third kappa shape index (κ3) is 3.85. The number of pyridine rings is 1. The molecule has 4 heterocycles. The minimum atomic E-state index is -0.234. The van der Waals surface area contributed by atoms with Crippen molar-refractivity contribution in [2.75, 3.05) is 12.4 Å². The summed E-state index contributed by atoms with van der Waals surface area (Å²) in [6.45, 7) is 11.4. The zero-order valence-corrected chi connectivity index (χ0v) is 19.0. The smallest absolute Gasteiger partial charge is 0.316 e. The van der Waals surface area contributed by atoms with Gasteiger partial charge in [-0.25, -0.2) is 15.0 Å². The summed E-state index contributed by atoms with van der Waals surface area (Å²) < 4.78 is 12.1. The summed E-state index contributed by atoms with van der Waals surface area (Å²) in [5, 5.41) is 1.92. The molecular formula is C21H25N3O3S2. The summed E-state index contributed by atoms with van der Waals surface area (Å²) >= 11 is 3.00. The first-order valence-corrected chi connectivity index (χ1v) is 11.6. The second-order valence-electron chi connectivity index (χ2n) is 8.07. The quantitative estimate of drug-likeness (QED) is 0.324. The zero-order chi connectivity index (χ0) is 20.8. The first-order valence-electron chi connectivity index (χ1n) is 9.82. The molecular weight excluding hydrogens is 406 g/mol. The van der Waals surface area contributed by atoms with Crippen molar-refractivity contribution in [3.8, 4) is 0 Å². The van der Waals surface area contributed by atoms with Crippen LogP contribution < -0.4 is 0 Å². The monoisotopic (exact) mass is 431 g/mol. The van der Waals surface area contributed by atoms with E-state index in [-0.39, 0.29) is 17.3 Å². The van der Waals surface area contributed by atoms with Gasteiger partial charge in [0.15, 0.2) is 0 Å². The van der Waals surface area contributed by atoms with Crippen molar-refractivity contribution in [1.29, 1.82) is 0 Å². The molecule has 0 aromatic carbocycles. The van der Waals surface area contributed by atoms with E-state index in [0.29, 0.717) is 19.1 Å². The first-order chi connectivity index (χ1) is 13.8. The molecule has 29 heavy (non-hydrogen) atoms. The first kappa shape index (κ1) is 20.5. The van der Waals surface area contributed by atoms with E-state index >= 15 is 0 Å². The maximum atomic E-state index is 11.8. The van der Waals surface area contributed by atoms with Crippen LogP contribution in [0, 0.1) is 0 Å². The van der Waals surface area contributed by atoms with Gasteiger partial charge in [-0.2, -0.15) is 0 Å². The summed E-state index contributed by atoms with van der Waals surface area (Å²) in [6, 6.07) is 0. The minimum absolute atomic E-state index is 0.224. The number of fused-ring (bicyclic) bond motifs is 5. The van der Waals surface area contributed by atoms with E-state index in [1.165, 1.54) is 22.9 Å². The van der Waals surface area contributed by atoms with Gasteiger partial charge >= 0.3 is 5.97 Å². The maximum Gasteiger partial charge on any atom is 0.316 e. The van der Waals surface area contributed by atoms with Crippen LogP contribution >= 0.6 is 23.1 Å². The van der Waals surface area contributed by atoms with Crippen molar-refractivity contribution in [2.45, 2.75) is 64.2 Å². The standard InChI is InChI=1S/C21H25N3O3S2/c1-6-26-14(25)9-28-20-18-17(22-10-23-20)15-12-7-21(4,5)27-8-13(12)16(11(2)3)24-19(15)29-18/h10-11H,6-9H2,1-5H3. The topological polar surface area (TPSA) is 74.2 Å². The van der Waals surface area contributed by atoms with Crippen molar-refractivity contribution < 1.29 is 14.3 Å². The molecule has 1 aliphatic rings. The van der Waals surface area contributed by atoms with Crippen LogP contribution in [0.5, 0.6) is 0 Å². The minimum Gasteiger partial charge on any atom is -0.465 e. The van der Waals surface area contributed by atoms with Gasteiger partial charge in [-0.1, -0.05) is 25.6 Å². The second-order valence-corrected chi connectivity index (χ2v) is 10.0. The molecule has 0 amide bonds. The summed E-state index contributed by atoms with van der Waals surface area (Å²) in [7, 11) is 0. The fourth-order valence-electron chi connectivity index (χ4n) is 3.72. The Morgan fingerprint density at radius 2 is 2.14 bits per heavy atom. The molecule has 0 unspecified atom stereocenters. The SMILES string of the molecule is CCOC(=O)CSc1ncnc2c1sc1nc(C(C)C)c3c(c12)CC(C)(C)OC3. The number of esters is 1. The number of nitrogens with zero attached hydrogens (tertiary/aromatic N) is 3. The normalized spacial score (nSPS) is 15.8. The third-order valence-electron chi connectivity index (χ3n) is 5.01. The Hall–Kier alpha value is -1.77. The van der Waals surface area contributed by atoms with Gasteiger partial charge in [-0.15, -0.1) is 11.3 Å². The molecule has 8 heteroatoms. The van der Waals surface area contributed by atoms with E-state index in [1.807, 2.05) is 6.92 Å². The molecule has 0 bridgehead atoms. The lowest BCUT2D eigenvalue weighted by Crippen LogP contribution is -2.32. The van der Waals surface area contributed by atoms with Crippen LogP contribution in [0.1, 0.15) is 57.4 Å². The van der Waals surface area contributed by atoms with E-state index in [1.54, 1.807) is 17.7 Å². The summed E-state index contributed by atoms with van der Waals surface area (Å²) in [4.78, 5) is 26.8. The van der Waals surface area contributed by atoms with Crippen molar-refractivity contribution in [3.63, 3.8) is 0 Å². The Balaban J connectivity index is 1.89. The number of aromatic nitrogens is 3. The molecule has 0 fully saturated rings. The van der Waals surface area contributed by atoms with Crippen LogP contribution in [0.3, 0.4) is 0 Å². The predicted octanol–water partition coefficient (Wildman–Crippen LogP) is 4.87. The van der Waals surface area contributed by atoms with Gasteiger partial charge in [0.2, 0.25) is 0 Å². The molecule has 6 nitrogen and oxygen atoms in total.